The molecule has 0 aliphatic rings. The van der Waals surface area contributed by atoms with E-state index in [0.717, 1.165) is 29.7 Å². The van der Waals surface area contributed by atoms with Crippen molar-refractivity contribution in [2.24, 2.45) is 0 Å². The van der Waals surface area contributed by atoms with E-state index in [9.17, 15) is 0 Å². The Morgan fingerprint density at radius 2 is 2.24 bits per heavy atom. The first-order chi connectivity index (χ1) is 10.2. The third-order valence-corrected chi connectivity index (χ3v) is 4.15. The van der Waals surface area contributed by atoms with E-state index in [2.05, 4.69) is 56.8 Å². The van der Waals surface area contributed by atoms with Crippen molar-refractivity contribution in [3.63, 3.8) is 0 Å². The fourth-order valence-electron chi connectivity index (χ4n) is 2.27. The number of methoxy groups -OCH3 is 1. The molecule has 0 aliphatic carbocycles. The molecule has 1 atom stereocenters. The number of ether oxygens (including phenoxy) is 1. The number of nitrogens with one attached hydrogen (secondary N) is 1. The van der Waals surface area contributed by atoms with Crippen LogP contribution in [0.3, 0.4) is 0 Å². The average molecular weight is 352 g/mol. The summed E-state index contributed by atoms with van der Waals surface area (Å²) >= 11 is 3.53. The number of hydrogen-bond acceptors (Lipinski definition) is 3. The highest BCUT2D eigenvalue weighted by molar-refractivity contribution is 9.10. The summed E-state index contributed by atoms with van der Waals surface area (Å²) in [5.74, 6) is 0.854. The second-order valence-electron chi connectivity index (χ2n) is 5.07. The molecule has 1 aromatic heterocycles. The minimum Gasteiger partial charge on any atom is -0.496 e. The molecule has 1 heterocycles. The predicted molar refractivity (Wildman–Crippen MR) is 88.5 cm³/mol. The molecule has 0 saturated carbocycles. The summed E-state index contributed by atoms with van der Waals surface area (Å²) < 4.78 is 8.44. The van der Waals surface area contributed by atoms with Gasteiger partial charge < -0.3 is 14.6 Å². The van der Waals surface area contributed by atoms with E-state index < -0.39 is 0 Å². The fraction of sp³-hybridized carbons (Fsp3) is 0.438. The molecule has 0 amide bonds. The summed E-state index contributed by atoms with van der Waals surface area (Å²) in [6.07, 6.45) is 4.94. The molecule has 1 N–H and O–H groups in total. The van der Waals surface area contributed by atoms with E-state index in [0.29, 0.717) is 0 Å². The number of aryl methyl sites for hydroxylation is 1. The number of nitrogens with zero attached hydrogens (tertiary/aromatic N) is 2. The van der Waals surface area contributed by atoms with E-state index in [4.69, 9.17) is 4.74 Å². The highest BCUT2D eigenvalue weighted by Crippen LogP contribution is 2.28. The molecule has 0 saturated heterocycles. The second-order valence-corrected chi connectivity index (χ2v) is 5.93. The molecule has 1 aromatic carbocycles. The Morgan fingerprint density at radius 1 is 1.43 bits per heavy atom. The number of halogens is 1. The molecule has 1 unspecified atom stereocenters. The zero-order chi connectivity index (χ0) is 15.2. The van der Waals surface area contributed by atoms with Crippen LogP contribution in [0.25, 0.3) is 0 Å². The van der Waals surface area contributed by atoms with Crippen LogP contribution in [0.5, 0.6) is 5.75 Å². The monoisotopic (exact) mass is 351 g/mol. The number of aromatic nitrogens is 2. The normalized spacial score (nSPS) is 12.4. The van der Waals surface area contributed by atoms with Gasteiger partial charge in [0.05, 0.1) is 23.6 Å². The lowest BCUT2D eigenvalue weighted by molar-refractivity contribution is 0.411. The van der Waals surface area contributed by atoms with Gasteiger partial charge in [-0.3, -0.25) is 0 Å². The molecular weight excluding hydrogens is 330 g/mol. The van der Waals surface area contributed by atoms with Gasteiger partial charge in [-0.1, -0.05) is 13.0 Å². The van der Waals surface area contributed by atoms with Crippen LogP contribution in [0.2, 0.25) is 0 Å². The van der Waals surface area contributed by atoms with Crippen molar-refractivity contribution in [2.75, 3.05) is 7.11 Å². The summed E-state index contributed by atoms with van der Waals surface area (Å²) in [6, 6.07) is 6.43. The Balaban J connectivity index is 1.99. The van der Waals surface area contributed by atoms with Crippen molar-refractivity contribution in [1.82, 2.24) is 14.9 Å². The van der Waals surface area contributed by atoms with Crippen LogP contribution in [0.4, 0.5) is 0 Å². The molecular formula is C16H22BrN3O. The SMILES string of the molecule is CCCn1cncc1CNC(C)c1ccc(OC)c(Br)c1. The van der Waals surface area contributed by atoms with E-state index in [1.807, 2.05) is 18.6 Å². The molecule has 4 nitrogen and oxygen atoms in total. The molecule has 5 heteroatoms. The molecule has 0 bridgehead atoms. The predicted octanol–water partition coefficient (Wildman–Crippen LogP) is 3.92. The van der Waals surface area contributed by atoms with Crippen LogP contribution < -0.4 is 10.1 Å². The Bertz CT molecular complexity index is 583. The third-order valence-electron chi connectivity index (χ3n) is 3.53. The number of benzene rings is 1. The smallest absolute Gasteiger partial charge is 0.133 e. The Hall–Kier alpha value is -1.33. The Morgan fingerprint density at radius 3 is 2.90 bits per heavy atom. The first-order valence-corrected chi connectivity index (χ1v) is 8.00. The maximum Gasteiger partial charge on any atom is 0.133 e. The van der Waals surface area contributed by atoms with Crippen molar-refractivity contribution in [3.05, 3.63) is 46.5 Å². The number of imidazole rings is 1. The van der Waals surface area contributed by atoms with Gasteiger partial charge in [0.15, 0.2) is 0 Å². The van der Waals surface area contributed by atoms with Crippen molar-refractivity contribution in [1.29, 1.82) is 0 Å². The molecule has 2 rings (SSSR count). The number of hydrogen-bond donors (Lipinski definition) is 1. The highest BCUT2D eigenvalue weighted by atomic mass is 79.9. The van der Waals surface area contributed by atoms with E-state index >= 15 is 0 Å². The van der Waals surface area contributed by atoms with Crippen molar-refractivity contribution in [2.45, 2.75) is 39.4 Å². The summed E-state index contributed by atoms with van der Waals surface area (Å²) in [5, 5.41) is 3.54. The van der Waals surface area contributed by atoms with Crippen LogP contribution in [-0.4, -0.2) is 16.7 Å². The van der Waals surface area contributed by atoms with Crippen molar-refractivity contribution in [3.8, 4) is 5.75 Å². The van der Waals surface area contributed by atoms with Crippen LogP contribution >= 0.6 is 15.9 Å². The van der Waals surface area contributed by atoms with Gasteiger partial charge in [-0.25, -0.2) is 4.98 Å². The third kappa shape index (κ3) is 4.08. The zero-order valence-corrected chi connectivity index (χ0v) is 14.4. The number of rotatable bonds is 7. The lowest BCUT2D eigenvalue weighted by Crippen LogP contribution is -2.20. The van der Waals surface area contributed by atoms with E-state index in [-0.39, 0.29) is 6.04 Å². The van der Waals surface area contributed by atoms with Gasteiger partial charge in [0, 0.05) is 25.3 Å². The van der Waals surface area contributed by atoms with Crippen molar-refractivity contribution >= 4 is 15.9 Å². The summed E-state index contributed by atoms with van der Waals surface area (Å²) in [7, 11) is 1.68. The Labute approximate surface area is 134 Å². The van der Waals surface area contributed by atoms with Gasteiger partial charge in [-0.05, 0) is 47.0 Å². The minimum atomic E-state index is 0.261. The lowest BCUT2D eigenvalue weighted by atomic mass is 10.1. The van der Waals surface area contributed by atoms with Gasteiger partial charge in [0.2, 0.25) is 0 Å². The summed E-state index contributed by atoms with van der Waals surface area (Å²) in [4.78, 5) is 4.23. The van der Waals surface area contributed by atoms with E-state index in [1.54, 1.807) is 7.11 Å². The molecule has 2 aromatic rings. The summed E-state index contributed by atoms with van der Waals surface area (Å²) in [5.41, 5.74) is 2.44. The van der Waals surface area contributed by atoms with Gasteiger partial charge >= 0.3 is 0 Å². The standard InChI is InChI=1S/C16H22BrN3O/c1-4-7-20-11-18-9-14(20)10-19-12(2)13-5-6-16(21-3)15(17)8-13/h5-6,8-9,11-12,19H,4,7,10H2,1-3H3. The maximum absolute atomic E-state index is 5.26. The lowest BCUT2D eigenvalue weighted by Gasteiger charge is -2.16. The van der Waals surface area contributed by atoms with Crippen LogP contribution in [0, 0.1) is 0 Å². The molecule has 0 radical (unpaired) electrons. The molecule has 0 spiro atoms. The first kappa shape index (κ1) is 16.0. The van der Waals surface area contributed by atoms with Crippen LogP contribution in [0.1, 0.15) is 37.6 Å². The molecule has 0 fully saturated rings. The van der Waals surface area contributed by atoms with Gasteiger partial charge in [0.25, 0.3) is 0 Å². The van der Waals surface area contributed by atoms with Gasteiger partial charge in [-0.2, -0.15) is 0 Å². The maximum atomic E-state index is 5.26. The van der Waals surface area contributed by atoms with Gasteiger partial charge in [0.1, 0.15) is 5.75 Å². The van der Waals surface area contributed by atoms with Crippen molar-refractivity contribution < 1.29 is 4.74 Å². The second kappa shape index (κ2) is 7.61. The molecule has 114 valence electrons. The topological polar surface area (TPSA) is 39.1 Å². The fourth-order valence-corrected chi connectivity index (χ4v) is 2.82. The Kier molecular flexibility index (Phi) is 5.82. The van der Waals surface area contributed by atoms with Gasteiger partial charge in [-0.15, -0.1) is 0 Å². The minimum absolute atomic E-state index is 0.261. The van der Waals surface area contributed by atoms with Crippen LogP contribution in [0.15, 0.2) is 35.2 Å². The quantitative estimate of drug-likeness (QED) is 0.821. The van der Waals surface area contributed by atoms with E-state index in [1.165, 1.54) is 11.3 Å². The van der Waals surface area contributed by atoms with Crippen LogP contribution in [-0.2, 0) is 13.1 Å². The largest absolute Gasteiger partial charge is 0.496 e. The summed E-state index contributed by atoms with van der Waals surface area (Å²) in [6.45, 7) is 6.16. The average Bonchev–Trinajstić information content (AvgIpc) is 2.92. The molecule has 21 heavy (non-hydrogen) atoms. The first-order valence-electron chi connectivity index (χ1n) is 7.21. The highest BCUT2D eigenvalue weighted by Gasteiger charge is 2.09. The molecule has 0 aliphatic heterocycles. The zero-order valence-electron chi connectivity index (χ0n) is 12.8.